The molecule has 0 aromatic heterocycles. The maximum atomic E-state index is 12.7. The van der Waals surface area contributed by atoms with Crippen LogP contribution < -0.4 is 0 Å². The van der Waals surface area contributed by atoms with E-state index < -0.39 is 6.43 Å². The molecule has 4 rings (SSSR count). The van der Waals surface area contributed by atoms with E-state index in [1.54, 1.807) is 0 Å². The van der Waals surface area contributed by atoms with Crippen LogP contribution in [-0.2, 0) is 0 Å². The van der Waals surface area contributed by atoms with E-state index in [9.17, 15) is 8.78 Å². The Kier molecular flexibility index (Phi) is 5.19. The number of fused-ring (bicyclic) bond motifs is 5. The number of alkyl halides is 2. The van der Waals surface area contributed by atoms with Crippen LogP contribution in [0.4, 0.5) is 8.78 Å². The third kappa shape index (κ3) is 2.96. The van der Waals surface area contributed by atoms with Crippen LogP contribution in [0, 0.1) is 46.3 Å². The molecule has 0 unspecified atom stereocenters. The molecule has 2 heteroatoms. The molecule has 0 radical (unpaired) electrons. The van der Waals surface area contributed by atoms with Gasteiger partial charge in [0, 0.05) is 6.42 Å². The quantitative estimate of drug-likeness (QED) is 0.478. The molecular formula is C24H40F2. The predicted octanol–water partition coefficient (Wildman–Crippen LogP) is 7.72. The van der Waals surface area contributed by atoms with E-state index in [4.69, 9.17) is 0 Å². The standard InChI is InChI=1S/C24H40F2/c1-16(7-12-22(25)26)19-10-11-20-18-9-8-17-6-4-5-14-23(17,2)21(18)13-15-24(19,20)3/h16-22H,4-15H2,1-3H3/t16-,17+,18+,19-,20+,21+,23+,24-/m1/s1. The van der Waals surface area contributed by atoms with Gasteiger partial charge in [-0.3, -0.25) is 0 Å². The van der Waals surface area contributed by atoms with Gasteiger partial charge in [-0.1, -0.05) is 33.6 Å². The van der Waals surface area contributed by atoms with Crippen LogP contribution in [0.5, 0.6) is 0 Å². The van der Waals surface area contributed by atoms with E-state index in [1.807, 2.05) is 0 Å². The molecule has 0 saturated heterocycles. The first-order valence-corrected chi connectivity index (χ1v) is 11.6. The zero-order valence-corrected chi connectivity index (χ0v) is 17.3. The highest BCUT2D eigenvalue weighted by atomic mass is 19.3. The van der Waals surface area contributed by atoms with Crippen LogP contribution in [-0.4, -0.2) is 6.43 Å². The van der Waals surface area contributed by atoms with Crippen molar-refractivity contribution in [1.82, 2.24) is 0 Å². The Balaban J connectivity index is 1.51. The lowest BCUT2D eigenvalue weighted by atomic mass is 9.44. The first-order valence-electron chi connectivity index (χ1n) is 11.6. The maximum Gasteiger partial charge on any atom is 0.238 e. The molecule has 0 bridgehead atoms. The molecule has 0 aromatic rings. The second-order valence-corrected chi connectivity index (χ2v) is 11.1. The number of hydrogen-bond acceptors (Lipinski definition) is 0. The van der Waals surface area contributed by atoms with Crippen molar-refractivity contribution in [2.75, 3.05) is 0 Å². The average Bonchev–Trinajstić information content (AvgIpc) is 2.96. The summed E-state index contributed by atoms with van der Waals surface area (Å²) in [4.78, 5) is 0. The predicted molar refractivity (Wildman–Crippen MR) is 104 cm³/mol. The molecule has 0 heterocycles. The Labute approximate surface area is 159 Å². The summed E-state index contributed by atoms with van der Waals surface area (Å²) in [5.41, 5.74) is 1.04. The van der Waals surface area contributed by atoms with Gasteiger partial charge in [0.15, 0.2) is 0 Å². The van der Waals surface area contributed by atoms with Gasteiger partial charge in [-0.05, 0) is 104 Å². The van der Waals surface area contributed by atoms with E-state index in [-0.39, 0.29) is 6.42 Å². The molecule has 4 fully saturated rings. The van der Waals surface area contributed by atoms with Crippen LogP contribution in [0.15, 0.2) is 0 Å². The van der Waals surface area contributed by atoms with Gasteiger partial charge in [-0.2, -0.15) is 0 Å². The smallest absolute Gasteiger partial charge is 0.211 e. The Morgan fingerprint density at radius 2 is 1.58 bits per heavy atom. The van der Waals surface area contributed by atoms with Crippen LogP contribution in [0.1, 0.15) is 97.8 Å². The Morgan fingerprint density at radius 1 is 0.808 bits per heavy atom. The molecule has 0 aliphatic heterocycles. The highest BCUT2D eigenvalue weighted by Crippen LogP contribution is 2.68. The minimum absolute atomic E-state index is 0.101. The number of hydrogen-bond donors (Lipinski definition) is 0. The van der Waals surface area contributed by atoms with Crippen LogP contribution >= 0.6 is 0 Å². The minimum Gasteiger partial charge on any atom is -0.211 e. The highest BCUT2D eigenvalue weighted by molar-refractivity contribution is 5.09. The van der Waals surface area contributed by atoms with Crippen molar-refractivity contribution in [2.24, 2.45) is 46.3 Å². The van der Waals surface area contributed by atoms with Crippen molar-refractivity contribution in [3.05, 3.63) is 0 Å². The van der Waals surface area contributed by atoms with Gasteiger partial charge in [0.2, 0.25) is 6.43 Å². The van der Waals surface area contributed by atoms with Crippen molar-refractivity contribution >= 4 is 0 Å². The molecule has 26 heavy (non-hydrogen) atoms. The molecule has 0 nitrogen and oxygen atoms in total. The summed E-state index contributed by atoms with van der Waals surface area (Å²) in [6.07, 6.45) is 13.0. The van der Waals surface area contributed by atoms with Crippen molar-refractivity contribution < 1.29 is 8.78 Å². The maximum absolute atomic E-state index is 12.7. The average molecular weight is 367 g/mol. The lowest BCUT2D eigenvalue weighted by Gasteiger charge is -2.61. The fraction of sp³-hybridized carbons (Fsp3) is 1.00. The second kappa shape index (κ2) is 7.03. The van der Waals surface area contributed by atoms with Crippen molar-refractivity contribution in [3.8, 4) is 0 Å². The Morgan fingerprint density at radius 3 is 2.35 bits per heavy atom. The van der Waals surface area contributed by atoms with Crippen LogP contribution in [0.3, 0.4) is 0 Å². The van der Waals surface area contributed by atoms with Crippen molar-refractivity contribution in [3.63, 3.8) is 0 Å². The van der Waals surface area contributed by atoms with E-state index in [0.29, 0.717) is 22.7 Å². The second-order valence-electron chi connectivity index (χ2n) is 11.1. The van der Waals surface area contributed by atoms with Gasteiger partial charge in [-0.25, -0.2) is 8.78 Å². The zero-order chi connectivity index (χ0) is 18.5. The fourth-order valence-electron chi connectivity index (χ4n) is 8.86. The topological polar surface area (TPSA) is 0 Å². The van der Waals surface area contributed by atoms with Gasteiger partial charge in [-0.15, -0.1) is 0 Å². The Bertz CT molecular complexity index is 502. The normalized spacial score (nSPS) is 49.4. The summed E-state index contributed by atoms with van der Waals surface area (Å²) in [7, 11) is 0. The van der Waals surface area contributed by atoms with Crippen molar-refractivity contribution in [2.45, 2.75) is 104 Å². The summed E-state index contributed by atoms with van der Waals surface area (Å²) in [5, 5.41) is 0. The summed E-state index contributed by atoms with van der Waals surface area (Å²) >= 11 is 0. The molecule has 4 saturated carbocycles. The largest absolute Gasteiger partial charge is 0.238 e. The SMILES string of the molecule is C[C@H](CCC(F)F)[C@H]1CC[C@H]2[C@@H]3CC[C@@H]4CCCC[C@]4(C)[C@H]3CC[C@]12C. The molecule has 8 atom stereocenters. The molecular weight excluding hydrogens is 326 g/mol. The summed E-state index contributed by atoms with van der Waals surface area (Å²) in [6.45, 7) is 7.47. The number of rotatable bonds is 4. The van der Waals surface area contributed by atoms with Gasteiger partial charge < -0.3 is 0 Å². The summed E-state index contributed by atoms with van der Waals surface area (Å²) in [6, 6.07) is 0. The van der Waals surface area contributed by atoms with Crippen LogP contribution in [0.25, 0.3) is 0 Å². The lowest BCUT2D eigenvalue weighted by molar-refractivity contribution is -0.114. The zero-order valence-electron chi connectivity index (χ0n) is 17.3. The molecule has 4 aliphatic rings. The van der Waals surface area contributed by atoms with E-state index in [2.05, 4.69) is 20.8 Å². The monoisotopic (exact) mass is 366 g/mol. The molecule has 4 aliphatic carbocycles. The summed E-state index contributed by atoms with van der Waals surface area (Å²) < 4.78 is 25.5. The first-order chi connectivity index (χ1) is 12.4. The molecule has 150 valence electrons. The van der Waals surface area contributed by atoms with Gasteiger partial charge in [0.25, 0.3) is 0 Å². The Hall–Kier alpha value is -0.140. The lowest BCUT2D eigenvalue weighted by Crippen LogP contribution is -2.53. The number of halogens is 2. The molecule has 0 aromatic carbocycles. The third-order valence-corrected chi connectivity index (χ3v) is 10.2. The van der Waals surface area contributed by atoms with Gasteiger partial charge in [0.05, 0.1) is 0 Å². The molecule has 0 N–H and O–H groups in total. The first kappa shape index (κ1) is 19.2. The van der Waals surface area contributed by atoms with Crippen LogP contribution in [0.2, 0.25) is 0 Å². The highest BCUT2D eigenvalue weighted by Gasteiger charge is 2.60. The third-order valence-electron chi connectivity index (χ3n) is 10.2. The minimum atomic E-state index is -2.13. The van der Waals surface area contributed by atoms with E-state index in [1.165, 1.54) is 64.2 Å². The van der Waals surface area contributed by atoms with Gasteiger partial charge >= 0.3 is 0 Å². The summed E-state index contributed by atoms with van der Waals surface area (Å²) in [5.74, 6) is 4.90. The van der Waals surface area contributed by atoms with Gasteiger partial charge in [0.1, 0.15) is 0 Å². The van der Waals surface area contributed by atoms with E-state index >= 15 is 0 Å². The fourth-order valence-corrected chi connectivity index (χ4v) is 8.86. The van der Waals surface area contributed by atoms with Crippen molar-refractivity contribution in [1.29, 1.82) is 0 Å². The molecule has 0 amide bonds. The molecule has 0 spiro atoms. The van der Waals surface area contributed by atoms with E-state index in [0.717, 1.165) is 30.1 Å².